The molecule has 4 heteroatoms. The van der Waals surface area contributed by atoms with Gasteiger partial charge in [0, 0.05) is 40.4 Å². The van der Waals surface area contributed by atoms with Crippen LogP contribution in [-0.4, -0.2) is 29.2 Å². The molecule has 1 atom stereocenters. The smallest absolute Gasteiger partial charge is 0.0702 e. The highest BCUT2D eigenvalue weighted by Gasteiger charge is 2.20. The van der Waals surface area contributed by atoms with Gasteiger partial charge in [-0.15, -0.1) is 0 Å². The van der Waals surface area contributed by atoms with E-state index in [4.69, 9.17) is 11.6 Å². The molecule has 1 aromatic rings. The van der Waals surface area contributed by atoms with Crippen molar-refractivity contribution in [2.24, 2.45) is 0 Å². The van der Waals surface area contributed by atoms with Crippen LogP contribution in [0.1, 0.15) is 18.9 Å². The van der Waals surface area contributed by atoms with Crippen LogP contribution in [0.2, 0.25) is 5.02 Å². The fourth-order valence-corrected chi connectivity index (χ4v) is 3.50. The van der Waals surface area contributed by atoms with Crippen LogP contribution >= 0.6 is 23.4 Å². The summed E-state index contributed by atoms with van der Waals surface area (Å²) in [5.74, 6) is 1.15. The monoisotopic (exact) mass is 271 g/mol. The standard InChI is InChI=1S/C13H18ClNOS/c1-2-12-8-15(5-6-17-12)13-7-11(14)4-3-10(13)9-16/h3-4,7,12,16H,2,5-6,8-9H2,1H3. The van der Waals surface area contributed by atoms with Gasteiger partial charge in [-0.3, -0.25) is 0 Å². The van der Waals surface area contributed by atoms with Gasteiger partial charge in [-0.05, 0) is 18.6 Å². The molecule has 1 aliphatic heterocycles. The average molecular weight is 272 g/mol. The van der Waals surface area contributed by atoms with Gasteiger partial charge >= 0.3 is 0 Å². The van der Waals surface area contributed by atoms with Crippen molar-refractivity contribution in [2.45, 2.75) is 25.2 Å². The predicted octanol–water partition coefficient (Wildman–Crippen LogP) is 3.16. The van der Waals surface area contributed by atoms with Crippen molar-refractivity contribution in [1.82, 2.24) is 0 Å². The van der Waals surface area contributed by atoms with Gasteiger partial charge in [0.2, 0.25) is 0 Å². The summed E-state index contributed by atoms with van der Waals surface area (Å²) in [5.41, 5.74) is 2.06. The summed E-state index contributed by atoms with van der Waals surface area (Å²) in [7, 11) is 0. The van der Waals surface area contributed by atoms with Crippen molar-refractivity contribution in [2.75, 3.05) is 23.7 Å². The molecule has 1 fully saturated rings. The zero-order valence-electron chi connectivity index (χ0n) is 10.0. The van der Waals surface area contributed by atoms with Gasteiger partial charge in [0.15, 0.2) is 0 Å². The lowest BCUT2D eigenvalue weighted by Gasteiger charge is -2.34. The molecule has 0 saturated carbocycles. The van der Waals surface area contributed by atoms with E-state index >= 15 is 0 Å². The van der Waals surface area contributed by atoms with Crippen LogP contribution < -0.4 is 4.90 Å². The number of aliphatic hydroxyl groups excluding tert-OH is 1. The van der Waals surface area contributed by atoms with Crippen LogP contribution in [0.3, 0.4) is 0 Å². The summed E-state index contributed by atoms with van der Waals surface area (Å²) in [6.45, 7) is 4.39. The van der Waals surface area contributed by atoms with Crippen molar-refractivity contribution in [3.63, 3.8) is 0 Å². The van der Waals surface area contributed by atoms with E-state index in [9.17, 15) is 5.11 Å². The molecule has 0 spiro atoms. The number of hydrogen-bond acceptors (Lipinski definition) is 3. The quantitative estimate of drug-likeness (QED) is 0.914. The maximum Gasteiger partial charge on any atom is 0.0702 e. The van der Waals surface area contributed by atoms with E-state index < -0.39 is 0 Å². The van der Waals surface area contributed by atoms with Gasteiger partial charge in [0.1, 0.15) is 0 Å². The lowest BCUT2D eigenvalue weighted by Crippen LogP contribution is -2.38. The molecule has 0 amide bonds. The molecule has 1 saturated heterocycles. The van der Waals surface area contributed by atoms with Crippen LogP contribution in [0.15, 0.2) is 18.2 Å². The normalized spacial score (nSPS) is 20.6. The van der Waals surface area contributed by atoms with Gasteiger partial charge in [0.05, 0.1) is 6.61 Å². The van der Waals surface area contributed by atoms with Crippen molar-refractivity contribution < 1.29 is 5.11 Å². The molecule has 0 radical (unpaired) electrons. The number of thioether (sulfide) groups is 1. The SMILES string of the molecule is CCC1CN(c2cc(Cl)ccc2CO)CCS1. The summed E-state index contributed by atoms with van der Waals surface area (Å²) in [4.78, 5) is 2.35. The summed E-state index contributed by atoms with van der Waals surface area (Å²) in [6.07, 6.45) is 1.19. The number of aliphatic hydroxyl groups is 1. The molecule has 2 nitrogen and oxygen atoms in total. The van der Waals surface area contributed by atoms with E-state index in [0.29, 0.717) is 5.25 Å². The van der Waals surface area contributed by atoms with Crippen molar-refractivity contribution >= 4 is 29.1 Å². The molecule has 1 heterocycles. The Labute approximate surface area is 112 Å². The Kier molecular flexibility index (Phi) is 4.60. The Morgan fingerprint density at radius 3 is 3.06 bits per heavy atom. The summed E-state index contributed by atoms with van der Waals surface area (Å²) < 4.78 is 0. The highest BCUT2D eigenvalue weighted by atomic mass is 35.5. The Morgan fingerprint density at radius 2 is 2.35 bits per heavy atom. The maximum atomic E-state index is 9.39. The lowest BCUT2D eigenvalue weighted by atomic mass is 10.1. The molecule has 1 aliphatic rings. The zero-order valence-corrected chi connectivity index (χ0v) is 11.6. The van der Waals surface area contributed by atoms with Crippen LogP contribution in [0.5, 0.6) is 0 Å². The Hall–Kier alpha value is -0.380. The van der Waals surface area contributed by atoms with Gasteiger partial charge in [-0.2, -0.15) is 11.8 Å². The molecule has 2 rings (SSSR count). The molecule has 94 valence electrons. The van der Waals surface area contributed by atoms with Crippen molar-refractivity contribution in [3.8, 4) is 0 Å². The summed E-state index contributed by atoms with van der Waals surface area (Å²) in [5, 5.41) is 10.8. The van der Waals surface area contributed by atoms with Crippen LogP contribution in [0, 0.1) is 0 Å². The second kappa shape index (κ2) is 5.98. The molecule has 0 aromatic heterocycles. The Morgan fingerprint density at radius 1 is 1.53 bits per heavy atom. The zero-order chi connectivity index (χ0) is 12.3. The van der Waals surface area contributed by atoms with Gasteiger partial charge in [0.25, 0.3) is 0 Å². The van der Waals surface area contributed by atoms with Crippen LogP contribution in [0.25, 0.3) is 0 Å². The number of halogens is 1. The molecule has 1 unspecified atom stereocenters. The average Bonchev–Trinajstić information content (AvgIpc) is 2.39. The van der Waals surface area contributed by atoms with E-state index in [1.54, 1.807) is 0 Å². The molecular formula is C13H18ClNOS. The van der Waals surface area contributed by atoms with E-state index in [1.165, 1.54) is 6.42 Å². The maximum absolute atomic E-state index is 9.39. The molecule has 0 aliphatic carbocycles. The third-order valence-corrected chi connectivity index (χ3v) is 4.76. The molecule has 1 aromatic carbocycles. The van der Waals surface area contributed by atoms with Crippen LogP contribution in [0.4, 0.5) is 5.69 Å². The molecule has 1 N–H and O–H groups in total. The highest BCUT2D eigenvalue weighted by Crippen LogP contribution is 2.30. The second-order valence-electron chi connectivity index (χ2n) is 4.28. The number of anilines is 1. The first-order valence-electron chi connectivity index (χ1n) is 6.00. The van der Waals surface area contributed by atoms with Crippen LogP contribution in [-0.2, 0) is 6.61 Å². The van der Waals surface area contributed by atoms with Crippen molar-refractivity contribution in [3.05, 3.63) is 28.8 Å². The number of hydrogen-bond donors (Lipinski definition) is 1. The number of rotatable bonds is 3. The minimum Gasteiger partial charge on any atom is -0.392 e. The Bertz CT molecular complexity index is 386. The second-order valence-corrected chi connectivity index (χ2v) is 6.12. The van der Waals surface area contributed by atoms with Crippen molar-refractivity contribution in [1.29, 1.82) is 0 Å². The topological polar surface area (TPSA) is 23.5 Å². The third kappa shape index (κ3) is 3.09. The lowest BCUT2D eigenvalue weighted by molar-refractivity contribution is 0.282. The molecule has 0 bridgehead atoms. The first-order chi connectivity index (χ1) is 8.24. The Balaban J connectivity index is 2.22. The van der Waals surface area contributed by atoms with Gasteiger partial charge < -0.3 is 10.0 Å². The molecular weight excluding hydrogens is 254 g/mol. The minimum atomic E-state index is 0.0763. The predicted molar refractivity (Wildman–Crippen MR) is 76.1 cm³/mol. The number of benzene rings is 1. The summed E-state index contributed by atoms with van der Waals surface area (Å²) >= 11 is 8.09. The van der Waals surface area contributed by atoms with Gasteiger partial charge in [-0.1, -0.05) is 24.6 Å². The van der Waals surface area contributed by atoms with E-state index in [2.05, 4.69) is 11.8 Å². The van der Waals surface area contributed by atoms with Gasteiger partial charge in [-0.25, -0.2) is 0 Å². The van der Waals surface area contributed by atoms with E-state index in [0.717, 1.165) is 35.1 Å². The third-order valence-electron chi connectivity index (χ3n) is 3.15. The number of nitrogens with zero attached hydrogens (tertiary/aromatic N) is 1. The largest absolute Gasteiger partial charge is 0.392 e. The molecule has 17 heavy (non-hydrogen) atoms. The van der Waals surface area contributed by atoms with E-state index in [1.807, 2.05) is 30.0 Å². The minimum absolute atomic E-state index is 0.0763. The fourth-order valence-electron chi connectivity index (χ4n) is 2.15. The highest BCUT2D eigenvalue weighted by molar-refractivity contribution is 8.00. The van der Waals surface area contributed by atoms with E-state index in [-0.39, 0.29) is 6.61 Å². The first kappa shape index (κ1) is 13.1. The summed E-state index contributed by atoms with van der Waals surface area (Å²) in [6, 6.07) is 5.72. The fraction of sp³-hybridized carbons (Fsp3) is 0.538. The first-order valence-corrected chi connectivity index (χ1v) is 7.43.